The van der Waals surface area contributed by atoms with E-state index in [0.29, 0.717) is 11.4 Å². The van der Waals surface area contributed by atoms with Crippen molar-refractivity contribution in [2.75, 3.05) is 0 Å². The summed E-state index contributed by atoms with van der Waals surface area (Å²) in [7, 11) is 0. The summed E-state index contributed by atoms with van der Waals surface area (Å²) in [6.07, 6.45) is 4.82. The zero-order valence-electron chi connectivity index (χ0n) is 16.3. The third kappa shape index (κ3) is 4.57. The highest BCUT2D eigenvalue weighted by Crippen LogP contribution is 2.28. The van der Waals surface area contributed by atoms with Gasteiger partial charge in [-0.1, -0.05) is 5.16 Å². The molecule has 1 aromatic carbocycles. The third-order valence-corrected chi connectivity index (χ3v) is 4.02. The molecule has 0 N–H and O–H groups in total. The van der Waals surface area contributed by atoms with Crippen LogP contribution in [0.25, 0.3) is 10.9 Å². The molecule has 8 nitrogen and oxygen atoms in total. The minimum Gasteiger partial charge on any atom is -0.474 e. The molecule has 0 saturated heterocycles. The second-order valence-corrected chi connectivity index (χ2v) is 6.69. The number of fused-ring (bicyclic) bond motifs is 1. The number of ether oxygens (including phenoxy) is 1. The Balaban J connectivity index is 1.63. The zero-order chi connectivity index (χ0) is 20.9. The number of benzene rings is 1. The predicted octanol–water partition coefficient (Wildman–Crippen LogP) is 4.08. The number of halogens is 1. The van der Waals surface area contributed by atoms with E-state index in [0.717, 1.165) is 22.7 Å². The number of oxime groups is 1. The molecule has 9 heteroatoms. The van der Waals surface area contributed by atoms with E-state index in [-0.39, 0.29) is 12.0 Å². The van der Waals surface area contributed by atoms with Crippen LogP contribution in [0, 0.1) is 5.82 Å². The lowest BCUT2D eigenvalue weighted by molar-refractivity contribution is 0.0873. The van der Waals surface area contributed by atoms with Gasteiger partial charge in [0.1, 0.15) is 17.7 Å². The van der Waals surface area contributed by atoms with Gasteiger partial charge < -0.3 is 14.0 Å². The summed E-state index contributed by atoms with van der Waals surface area (Å²) >= 11 is 0. The minimum absolute atomic E-state index is 0.00336. The SMILES string of the molecule is CC(C)O/N=C/c1cnc2ccc(OC(c3ccc(F)cn3)c3nnco3)cc2c1. The van der Waals surface area contributed by atoms with E-state index in [1.165, 1.54) is 18.5 Å². The summed E-state index contributed by atoms with van der Waals surface area (Å²) in [5.41, 5.74) is 2.01. The van der Waals surface area contributed by atoms with Crippen molar-refractivity contribution in [1.82, 2.24) is 20.2 Å². The quantitative estimate of drug-likeness (QED) is 0.336. The highest BCUT2D eigenvalue weighted by atomic mass is 19.1. The van der Waals surface area contributed by atoms with Gasteiger partial charge in [0.15, 0.2) is 0 Å². The third-order valence-electron chi connectivity index (χ3n) is 4.02. The van der Waals surface area contributed by atoms with Crippen molar-refractivity contribution in [2.24, 2.45) is 5.16 Å². The summed E-state index contributed by atoms with van der Waals surface area (Å²) in [5.74, 6) is 0.292. The molecular weight excluding hydrogens is 389 g/mol. The van der Waals surface area contributed by atoms with E-state index in [1.54, 1.807) is 18.5 Å². The average molecular weight is 407 g/mol. The van der Waals surface area contributed by atoms with E-state index in [4.69, 9.17) is 14.0 Å². The molecule has 0 bridgehead atoms. The van der Waals surface area contributed by atoms with Crippen molar-refractivity contribution in [3.63, 3.8) is 0 Å². The van der Waals surface area contributed by atoms with Crippen molar-refractivity contribution >= 4 is 17.1 Å². The van der Waals surface area contributed by atoms with Gasteiger partial charge in [-0.15, -0.1) is 10.2 Å². The summed E-state index contributed by atoms with van der Waals surface area (Å²) < 4.78 is 24.7. The first kappa shape index (κ1) is 19.4. The van der Waals surface area contributed by atoms with Crippen molar-refractivity contribution < 1.29 is 18.4 Å². The number of hydrogen-bond donors (Lipinski definition) is 0. The smallest absolute Gasteiger partial charge is 0.263 e. The first-order valence-electron chi connectivity index (χ1n) is 9.21. The maximum absolute atomic E-state index is 13.3. The standard InChI is InChI=1S/C21H18FN5O3/c1-13(2)30-26-10-14-7-15-8-17(4-6-18(15)23-9-14)29-20(21-27-25-12-28-21)19-5-3-16(22)11-24-19/h3-13,20H,1-2H3/b26-10+. The average Bonchev–Trinajstić information content (AvgIpc) is 3.27. The summed E-state index contributed by atoms with van der Waals surface area (Å²) in [4.78, 5) is 13.7. The van der Waals surface area contributed by atoms with Crippen molar-refractivity contribution in [3.8, 4) is 5.75 Å². The Morgan fingerprint density at radius 3 is 2.73 bits per heavy atom. The summed E-state index contributed by atoms with van der Waals surface area (Å²) in [5, 5.41) is 12.4. The molecule has 0 aliphatic heterocycles. The lowest BCUT2D eigenvalue weighted by atomic mass is 10.1. The lowest BCUT2D eigenvalue weighted by Crippen LogP contribution is -2.12. The Labute approximate surface area is 171 Å². The first-order chi connectivity index (χ1) is 14.6. The predicted molar refractivity (Wildman–Crippen MR) is 107 cm³/mol. The molecular formula is C21H18FN5O3. The van der Waals surface area contributed by atoms with Gasteiger partial charge in [0.2, 0.25) is 12.5 Å². The zero-order valence-corrected chi connectivity index (χ0v) is 16.3. The largest absolute Gasteiger partial charge is 0.474 e. The van der Waals surface area contributed by atoms with Gasteiger partial charge in [-0.2, -0.15) is 0 Å². The van der Waals surface area contributed by atoms with Gasteiger partial charge in [0.25, 0.3) is 5.89 Å². The van der Waals surface area contributed by atoms with E-state index in [2.05, 4.69) is 25.3 Å². The fourth-order valence-corrected chi connectivity index (χ4v) is 2.70. The summed E-state index contributed by atoms with van der Waals surface area (Å²) in [6.45, 7) is 3.80. The molecule has 0 fully saturated rings. The molecule has 1 unspecified atom stereocenters. The van der Waals surface area contributed by atoms with Crippen LogP contribution in [0.3, 0.4) is 0 Å². The van der Waals surface area contributed by atoms with Crippen LogP contribution in [0.5, 0.6) is 5.75 Å². The number of rotatable bonds is 7. The maximum Gasteiger partial charge on any atom is 0.263 e. The van der Waals surface area contributed by atoms with Gasteiger partial charge >= 0.3 is 0 Å². The van der Waals surface area contributed by atoms with E-state index >= 15 is 0 Å². The van der Waals surface area contributed by atoms with Crippen LogP contribution in [0.4, 0.5) is 4.39 Å². The number of hydrogen-bond acceptors (Lipinski definition) is 8. The van der Waals surface area contributed by atoms with E-state index in [1.807, 2.05) is 32.0 Å². The molecule has 0 aliphatic carbocycles. The highest BCUT2D eigenvalue weighted by Gasteiger charge is 2.23. The number of pyridine rings is 2. The van der Waals surface area contributed by atoms with Crippen LogP contribution in [-0.4, -0.2) is 32.5 Å². The molecule has 0 radical (unpaired) electrons. The maximum atomic E-state index is 13.3. The topological polar surface area (TPSA) is 95.5 Å². The van der Waals surface area contributed by atoms with Gasteiger partial charge in [0.05, 0.1) is 23.6 Å². The monoisotopic (exact) mass is 407 g/mol. The van der Waals surface area contributed by atoms with E-state index < -0.39 is 11.9 Å². The van der Waals surface area contributed by atoms with Gasteiger partial charge in [0, 0.05) is 17.1 Å². The molecule has 4 aromatic rings. The molecule has 1 atom stereocenters. The van der Waals surface area contributed by atoms with Crippen LogP contribution in [0.2, 0.25) is 0 Å². The molecule has 152 valence electrons. The Hall–Kier alpha value is -3.88. The fourth-order valence-electron chi connectivity index (χ4n) is 2.70. The Kier molecular flexibility index (Phi) is 5.60. The van der Waals surface area contributed by atoms with Crippen molar-refractivity contribution in [3.05, 3.63) is 78.2 Å². The van der Waals surface area contributed by atoms with Crippen LogP contribution < -0.4 is 4.74 Å². The number of nitrogens with zero attached hydrogens (tertiary/aromatic N) is 5. The second kappa shape index (κ2) is 8.64. The highest BCUT2D eigenvalue weighted by molar-refractivity contribution is 5.88. The molecule has 30 heavy (non-hydrogen) atoms. The van der Waals surface area contributed by atoms with Crippen LogP contribution in [0.1, 0.15) is 37.1 Å². The summed E-state index contributed by atoms with van der Waals surface area (Å²) in [6, 6.07) is 10.2. The second-order valence-electron chi connectivity index (χ2n) is 6.69. The molecule has 3 aromatic heterocycles. The number of aromatic nitrogens is 4. The van der Waals surface area contributed by atoms with Crippen molar-refractivity contribution in [1.29, 1.82) is 0 Å². The molecule has 0 aliphatic rings. The van der Waals surface area contributed by atoms with Crippen LogP contribution >= 0.6 is 0 Å². The molecule has 0 amide bonds. The molecule has 0 spiro atoms. The Bertz CT molecular complexity index is 1150. The van der Waals surface area contributed by atoms with Gasteiger partial charge in [-0.05, 0) is 50.2 Å². The van der Waals surface area contributed by atoms with Crippen molar-refractivity contribution in [2.45, 2.75) is 26.1 Å². The first-order valence-corrected chi connectivity index (χ1v) is 9.21. The Morgan fingerprint density at radius 2 is 2.00 bits per heavy atom. The lowest BCUT2D eigenvalue weighted by Gasteiger charge is -2.15. The van der Waals surface area contributed by atoms with Gasteiger partial charge in [-0.25, -0.2) is 4.39 Å². The molecule has 3 heterocycles. The molecule has 0 saturated carbocycles. The van der Waals surface area contributed by atoms with Gasteiger partial charge in [-0.3, -0.25) is 9.97 Å². The van der Waals surface area contributed by atoms with E-state index in [9.17, 15) is 4.39 Å². The molecule has 4 rings (SSSR count). The fraction of sp³-hybridized carbons (Fsp3) is 0.190. The Morgan fingerprint density at radius 1 is 1.10 bits per heavy atom. The van der Waals surface area contributed by atoms with Crippen LogP contribution in [0.15, 0.2) is 64.8 Å². The van der Waals surface area contributed by atoms with Crippen LogP contribution in [-0.2, 0) is 4.84 Å². The minimum atomic E-state index is -0.789. The normalized spacial score (nSPS) is 12.5.